The van der Waals surface area contributed by atoms with Gasteiger partial charge in [-0.1, -0.05) is 17.7 Å². The van der Waals surface area contributed by atoms with E-state index in [0.29, 0.717) is 35.4 Å². The molecular formula is C19H19ClN8. The van der Waals surface area contributed by atoms with Crippen LogP contribution in [0.3, 0.4) is 0 Å². The van der Waals surface area contributed by atoms with Crippen LogP contribution in [-0.4, -0.2) is 61.5 Å². The van der Waals surface area contributed by atoms with E-state index in [0.717, 1.165) is 18.9 Å². The van der Waals surface area contributed by atoms with E-state index in [2.05, 4.69) is 32.0 Å². The molecule has 0 aromatic carbocycles. The van der Waals surface area contributed by atoms with Crippen LogP contribution in [0.4, 0.5) is 17.5 Å². The molecule has 28 heavy (non-hydrogen) atoms. The van der Waals surface area contributed by atoms with Crippen LogP contribution in [-0.2, 0) is 0 Å². The number of pyridine rings is 2. The van der Waals surface area contributed by atoms with Crippen molar-refractivity contribution in [2.75, 3.05) is 50.1 Å². The molecule has 1 fully saturated rings. The molecule has 0 spiro atoms. The van der Waals surface area contributed by atoms with Gasteiger partial charge >= 0.3 is 0 Å². The predicted molar refractivity (Wildman–Crippen MR) is 109 cm³/mol. The van der Waals surface area contributed by atoms with Crippen molar-refractivity contribution in [2.45, 2.75) is 0 Å². The molecule has 3 rings (SSSR count). The molecule has 0 amide bonds. The van der Waals surface area contributed by atoms with Gasteiger partial charge < -0.3 is 14.7 Å². The van der Waals surface area contributed by atoms with E-state index in [9.17, 15) is 10.5 Å². The average molecular weight is 395 g/mol. The Kier molecular flexibility index (Phi) is 5.93. The van der Waals surface area contributed by atoms with Crippen LogP contribution >= 0.6 is 11.6 Å². The second kappa shape index (κ2) is 8.55. The minimum absolute atomic E-state index is 0.278. The third-order valence-electron chi connectivity index (χ3n) is 4.24. The van der Waals surface area contributed by atoms with Crippen molar-refractivity contribution in [1.29, 1.82) is 10.5 Å². The molecule has 0 unspecified atom stereocenters. The fraction of sp³-hybridized carbons (Fsp3) is 0.316. The molecule has 142 valence electrons. The molecule has 0 radical (unpaired) electrons. The maximum Gasteiger partial charge on any atom is 0.173 e. The van der Waals surface area contributed by atoms with Crippen LogP contribution in [0.1, 0.15) is 11.1 Å². The second-order valence-corrected chi connectivity index (χ2v) is 6.84. The molecule has 0 N–H and O–H groups in total. The molecule has 0 saturated carbocycles. The molecule has 1 saturated heterocycles. The molecule has 8 nitrogen and oxygen atoms in total. The summed E-state index contributed by atoms with van der Waals surface area (Å²) in [5.41, 5.74) is 0.648. The number of aliphatic imine (C=N–C) groups is 1. The van der Waals surface area contributed by atoms with Gasteiger partial charge in [-0.3, -0.25) is 0 Å². The number of halogens is 1. The zero-order valence-electron chi connectivity index (χ0n) is 15.7. The van der Waals surface area contributed by atoms with Crippen molar-refractivity contribution in [3.8, 4) is 12.1 Å². The Morgan fingerprint density at radius 3 is 2.36 bits per heavy atom. The minimum Gasteiger partial charge on any atom is -0.369 e. The third-order valence-corrected chi connectivity index (χ3v) is 4.45. The highest BCUT2D eigenvalue weighted by molar-refractivity contribution is 6.29. The van der Waals surface area contributed by atoms with Gasteiger partial charge in [0, 0.05) is 40.3 Å². The number of nitrogens with zero attached hydrogens (tertiary/aromatic N) is 8. The van der Waals surface area contributed by atoms with E-state index >= 15 is 0 Å². The summed E-state index contributed by atoms with van der Waals surface area (Å²) in [7, 11) is 3.67. The molecule has 1 aliphatic rings. The molecule has 0 bridgehead atoms. The molecule has 0 aliphatic carbocycles. The van der Waals surface area contributed by atoms with Crippen molar-refractivity contribution in [2.24, 2.45) is 4.99 Å². The second-order valence-electron chi connectivity index (χ2n) is 6.46. The van der Waals surface area contributed by atoms with Gasteiger partial charge in [-0.05, 0) is 18.2 Å². The maximum atomic E-state index is 9.53. The van der Waals surface area contributed by atoms with Crippen molar-refractivity contribution in [3.05, 3.63) is 40.5 Å². The highest BCUT2D eigenvalue weighted by atomic mass is 35.5. The van der Waals surface area contributed by atoms with Crippen molar-refractivity contribution >= 4 is 35.4 Å². The van der Waals surface area contributed by atoms with Crippen LogP contribution in [0.25, 0.3) is 0 Å². The van der Waals surface area contributed by atoms with Crippen LogP contribution in [0.5, 0.6) is 0 Å². The summed E-state index contributed by atoms with van der Waals surface area (Å²) >= 11 is 5.99. The SMILES string of the molecule is CN(C)C=Nc1nc(N2CCN(c3cccc(Cl)n3)CC2)c(C#N)cc1C#N. The summed E-state index contributed by atoms with van der Waals surface area (Å²) in [5, 5.41) is 19.4. The molecule has 2 aromatic rings. The summed E-state index contributed by atoms with van der Waals surface area (Å²) in [4.78, 5) is 19.1. The smallest absolute Gasteiger partial charge is 0.173 e. The minimum atomic E-state index is 0.278. The number of aromatic nitrogens is 2. The highest BCUT2D eigenvalue weighted by Crippen LogP contribution is 2.27. The van der Waals surface area contributed by atoms with Gasteiger partial charge in [0.2, 0.25) is 0 Å². The number of nitriles is 2. The molecule has 2 aromatic heterocycles. The lowest BCUT2D eigenvalue weighted by atomic mass is 10.1. The maximum absolute atomic E-state index is 9.53. The Morgan fingerprint density at radius 1 is 1.07 bits per heavy atom. The first-order chi connectivity index (χ1) is 13.5. The standard InChI is InChI=1S/C19H19ClN8/c1-26(2)13-23-18-14(11-21)10-15(12-22)19(25-18)28-8-6-27(7-9-28)17-5-3-4-16(20)24-17/h3-5,10,13H,6-9H2,1-2H3. The van der Waals surface area contributed by atoms with Gasteiger partial charge in [0.1, 0.15) is 28.9 Å². The number of rotatable bonds is 4. The van der Waals surface area contributed by atoms with Crippen LogP contribution in [0, 0.1) is 22.7 Å². The lowest BCUT2D eigenvalue weighted by Crippen LogP contribution is -2.47. The molecule has 1 aliphatic heterocycles. The number of hydrogen-bond acceptors (Lipinski definition) is 7. The quantitative estimate of drug-likeness (QED) is 0.446. The number of anilines is 2. The first kappa shape index (κ1) is 19.4. The first-order valence-corrected chi connectivity index (χ1v) is 9.08. The zero-order chi connectivity index (χ0) is 20.1. The van der Waals surface area contributed by atoms with Crippen LogP contribution < -0.4 is 9.80 Å². The van der Waals surface area contributed by atoms with Crippen molar-refractivity contribution in [1.82, 2.24) is 14.9 Å². The van der Waals surface area contributed by atoms with Gasteiger partial charge in [-0.25, -0.2) is 15.0 Å². The Labute approximate surface area is 168 Å². The van der Waals surface area contributed by atoms with Crippen LogP contribution in [0.2, 0.25) is 5.15 Å². The number of piperazine rings is 1. The Bertz CT molecular complexity index is 965. The summed E-state index contributed by atoms with van der Waals surface area (Å²) < 4.78 is 0. The van der Waals surface area contributed by atoms with Gasteiger partial charge in [0.05, 0.1) is 17.5 Å². The normalized spacial score (nSPS) is 14.0. The van der Waals surface area contributed by atoms with Gasteiger partial charge in [-0.15, -0.1) is 0 Å². The van der Waals surface area contributed by atoms with E-state index < -0.39 is 0 Å². The van der Waals surface area contributed by atoms with E-state index in [4.69, 9.17) is 11.6 Å². The Hall–Kier alpha value is -3.36. The topological polar surface area (TPSA) is 95.4 Å². The fourth-order valence-electron chi connectivity index (χ4n) is 2.89. The molecule has 9 heteroatoms. The summed E-state index contributed by atoms with van der Waals surface area (Å²) in [5.74, 6) is 1.69. The highest BCUT2D eigenvalue weighted by Gasteiger charge is 2.23. The lowest BCUT2D eigenvalue weighted by Gasteiger charge is -2.36. The van der Waals surface area contributed by atoms with Crippen molar-refractivity contribution < 1.29 is 0 Å². The summed E-state index contributed by atoms with van der Waals surface area (Å²) in [6.07, 6.45) is 1.59. The lowest BCUT2D eigenvalue weighted by molar-refractivity contribution is 0.639. The molecule has 3 heterocycles. The molecular weight excluding hydrogens is 376 g/mol. The van der Waals surface area contributed by atoms with E-state index in [-0.39, 0.29) is 5.56 Å². The van der Waals surface area contributed by atoms with E-state index in [1.807, 2.05) is 31.1 Å². The first-order valence-electron chi connectivity index (χ1n) is 8.70. The zero-order valence-corrected chi connectivity index (χ0v) is 16.4. The monoisotopic (exact) mass is 394 g/mol. The van der Waals surface area contributed by atoms with Gasteiger partial charge in [0.15, 0.2) is 5.82 Å². The van der Waals surface area contributed by atoms with E-state index in [1.165, 1.54) is 0 Å². The summed E-state index contributed by atoms with van der Waals surface area (Å²) in [6, 6.07) is 11.3. The van der Waals surface area contributed by atoms with E-state index in [1.54, 1.807) is 23.4 Å². The van der Waals surface area contributed by atoms with Crippen molar-refractivity contribution in [3.63, 3.8) is 0 Å². The average Bonchev–Trinajstić information content (AvgIpc) is 2.71. The molecule has 0 atom stereocenters. The predicted octanol–water partition coefficient (Wildman–Crippen LogP) is 2.42. The largest absolute Gasteiger partial charge is 0.369 e. The Morgan fingerprint density at radius 2 is 1.75 bits per heavy atom. The third kappa shape index (κ3) is 4.30. The van der Waals surface area contributed by atoms with Gasteiger partial charge in [0.25, 0.3) is 0 Å². The van der Waals surface area contributed by atoms with Gasteiger partial charge in [-0.2, -0.15) is 10.5 Å². The summed E-state index contributed by atoms with van der Waals surface area (Å²) in [6.45, 7) is 2.77. The Balaban J connectivity index is 1.84. The fourth-order valence-corrected chi connectivity index (χ4v) is 3.05. The number of hydrogen-bond donors (Lipinski definition) is 0. The van der Waals surface area contributed by atoms with Crippen LogP contribution in [0.15, 0.2) is 29.3 Å².